The van der Waals surface area contributed by atoms with E-state index in [1.165, 1.54) is 51.4 Å². The molecule has 22 heavy (non-hydrogen) atoms. The number of hydrogen-bond acceptors (Lipinski definition) is 2. The van der Waals surface area contributed by atoms with Gasteiger partial charge in [0.15, 0.2) is 0 Å². The summed E-state index contributed by atoms with van der Waals surface area (Å²) in [6.07, 6.45) is 15.3. The standard InChI is InChI=1S/C20H36O2/c1-3-5-6-7-8-10-17-11-13-18(14-12-17)20(22)16-15-19(21)9-4-2/h17-18H,3-16H2,1-2H3. The Bertz CT molecular complexity index is 314. The van der Waals surface area contributed by atoms with E-state index in [1.807, 2.05) is 6.92 Å². The van der Waals surface area contributed by atoms with E-state index in [2.05, 4.69) is 6.92 Å². The van der Waals surface area contributed by atoms with E-state index in [1.54, 1.807) is 0 Å². The van der Waals surface area contributed by atoms with Crippen molar-refractivity contribution in [3.8, 4) is 0 Å². The van der Waals surface area contributed by atoms with Gasteiger partial charge in [0, 0.05) is 25.2 Å². The van der Waals surface area contributed by atoms with E-state index in [-0.39, 0.29) is 11.7 Å². The lowest BCUT2D eigenvalue weighted by Crippen LogP contribution is -2.22. The molecule has 1 rings (SSSR count). The summed E-state index contributed by atoms with van der Waals surface area (Å²) in [4.78, 5) is 23.7. The molecule has 0 aromatic heterocycles. The normalized spacial score (nSPS) is 21.7. The van der Waals surface area contributed by atoms with Crippen LogP contribution in [0.4, 0.5) is 0 Å². The van der Waals surface area contributed by atoms with Crippen LogP contribution in [0.3, 0.4) is 0 Å². The first-order chi connectivity index (χ1) is 10.7. The lowest BCUT2D eigenvalue weighted by molar-refractivity contribution is -0.127. The van der Waals surface area contributed by atoms with Gasteiger partial charge in [-0.1, -0.05) is 52.4 Å². The van der Waals surface area contributed by atoms with Crippen LogP contribution < -0.4 is 0 Å². The van der Waals surface area contributed by atoms with Gasteiger partial charge >= 0.3 is 0 Å². The molecule has 128 valence electrons. The second-order valence-corrected chi connectivity index (χ2v) is 7.18. The van der Waals surface area contributed by atoms with E-state index < -0.39 is 0 Å². The molecular formula is C20H36O2. The zero-order valence-electron chi connectivity index (χ0n) is 14.9. The van der Waals surface area contributed by atoms with E-state index in [4.69, 9.17) is 0 Å². The quantitative estimate of drug-likeness (QED) is 0.422. The van der Waals surface area contributed by atoms with E-state index in [0.29, 0.717) is 25.0 Å². The molecule has 0 atom stereocenters. The zero-order valence-corrected chi connectivity index (χ0v) is 14.9. The minimum absolute atomic E-state index is 0.255. The Morgan fingerprint density at radius 1 is 0.773 bits per heavy atom. The van der Waals surface area contributed by atoms with Gasteiger partial charge in [0.2, 0.25) is 0 Å². The first kappa shape index (κ1) is 19.4. The molecule has 1 aliphatic rings. The van der Waals surface area contributed by atoms with E-state index >= 15 is 0 Å². The predicted molar refractivity (Wildman–Crippen MR) is 93.0 cm³/mol. The second kappa shape index (κ2) is 11.8. The van der Waals surface area contributed by atoms with Crippen LogP contribution in [0.1, 0.15) is 104 Å². The van der Waals surface area contributed by atoms with Crippen molar-refractivity contribution in [2.45, 2.75) is 104 Å². The van der Waals surface area contributed by atoms with Crippen molar-refractivity contribution in [2.24, 2.45) is 11.8 Å². The Morgan fingerprint density at radius 3 is 2.09 bits per heavy atom. The molecule has 0 saturated heterocycles. The Labute approximate surface area is 137 Å². The molecule has 1 aliphatic carbocycles. The Morgan fingerprint density at radius 2 is 1.45 bits per heavy atom. The third kappa shape index (κ3) is 8.10. The first-order valence-corrected chi connectivity index (χ1v) is 9.71. The summed E-state index contributed by atoms with van der Waals surface area (Å²) in [5, 5.41) is 0. The maximum atomic E-state index is 12.2. The third-order valence-electron chi connectivity index (χ3n) is 5.20. The van der Waals surface area contributed by atoms with Crippen molar-refractivity contribution in [3.05, 3.63) is 0 Å². The Hall–Kier alpha value is -0.660. The fourth-order valence-electron chi connectivity index (χ4n) is 3.68. The first-order valence-electron chi connectivity index (χ1n) is 9.71. The maximum Gasteiger partial charge on any atom is 0.136 e. The summed E-state index contributed by atoms with van der Waals surface area (Å²) >= 11 is 0. The minimum atomic E-state index is 0.255. The van der Waals surface area contributed by atoms with Gasteiger partial charge in [-0.25, -0.2) is 0 Å². The van der Waals surface area contributed by atoms with Gasteiger partial charge in [-0.15, -0.1) is 0 Å². The topological polar surface area (TPSA) is 34.1 Å². The molecule has 0 aliphatic heterocycles. The van der Waals surface area contributed by atoms with Crippen molar-refractivity contribution in [3.63, 3.8) is 0 Å². The largest absolute Gasteiger partial charge is 0.300 e. The van der Waals surface area contributed by atoms with Crippen LogP contribution in [0.5, 0.6) is 0 Å². The van der Waals surface area contributed by atoms with Crippen LogP contribution in [-0.2, 0) is 9.59 Å². The highest BCUT2D eigenvalue weighted by Crippen LogP contribution is 2.33. The Balaban J connectivity index is 2.11. The number of carbonyl (C=O) groups is 2. The van der Waals surface area contributed by atoms with Crippen LogP contribution in [-0.4, -0.2) is 11.6 Å². The molecule has 1 saturated carbocycles. The van der Waals surface area contributed by atoms with Gasteiger partial charge in [0.25, 0.3) is 0 Å². The summed E-state index contributed by atoms with van der Waals surface area (Å²) in [6, 6.07) is 0. The van der Waals surface area contributed by atoms with Gasteiger partial charge in [0.1, 0.15) is 11.6 Å². The van der Waals surface area contributed by atoms with Gasteiger partial charge in [0.05, 0.1) is 0 Å². The molecule has 0 N–H and O–H groups in total. The lowest BCUT2D eigenvalue weighted by atomic mass is 9.77. The lowest BCUT2D eigenvalue weighted by Gasteiger charge is -2.27. The fraction of sp³-hybridized carbons (Fsp3) is 0.900. The third-order valence-corrected chi connectivity index (χ3v) is 5.20. The van der Waals surface area contributed by atoms with Gasteiger partial charge in [-0.05, 0) is 38.0 Å². The van der Waals surface area contributed by atoms with Crippen LogP contribution in [0.2, 0.25) is 0 Å². The number of unbranched alkanes of at least 4 members (excludes halogenated alkanes) is 4. The average molecular weight is 309 g/mol. The van der Waals surface area contributed by atoms with E-state index in [0.717, 1.165) is 25.2 Å². The van der Waals surface area contributed by atoms with Gasteiger partial charge in [-0.2, -0.15) is 0 Å². The molecule has 1 fully saturated rings. The molecule has 0 spiro atoms. The number of hydrogen-bond donors (Lipinski definition) is 0. The maximum absolute atomic E-state index is 12.2. The Kier molecular flexibility index (Phi) is 10.4. The molecule has 0 heterocycles. The van der Waals surface area contributed by atoms with E-state index in [9.17, 15) is 9.59 Å². The highest BCUT2D eigenvalue weighted by molar-refractivity contribution is 5.87. The zero-order chi connectivity index (χ0) is 16.2. The summed E-state index contributed by atoms with van der Waals surface area (Å²) in [5.74, 6) is 1.72. The average Bonchev–Trinajstić information content (AvgIpc) is 2.53. The number of rotatable bonds is 12. The van der Waals surface area contributed by atoms with Crippen molar-refractivity contribution >= 4 is 11.6 Å². The number of carbonyl (C=O) groups excluding carboxylic acids is 2. The summed E-state index contributed by atoms with van der Waals surface area (Å²) in [6.45, 7) is 4.28. The van der Waals surface area contributed by atoms with Crippen LogP contribution >= 0.6 is 0 Å². The summed E-state index contributed by atoms with van der Waals surface area (Å²) in [7, 11) is 0. The highest BCUT2D eigenvalue weighted by atomic mass is 16.1. The molecule has 0 radical (unpaired) electrons. The summed E-state index contributed by atoms with van der Waals surface area (Å²) in [5.41, 5.74) is 0. The molecule has 0 bridgehead atoms. The molecular weight excluding hydrogens is 272 g/mol. The van der Waals surface area contributed by atoms with Gasteiger partial charge in [-0.3, -0.25) is 9.59 Å². The van der Waals surface area contributed by atoms with Crippen molar-refractivity contribution in [2.75, 3.05) is 0 Å². The SMILES string of the molecule is CCCCCCCC1CCC(C(=O)CCC(=O)CCC)CC1. The fourth-order valence-corrected chi connectivity index (χ4v) is 3.68. The predicted octanol–water partition coefficient (Wildman–Crippen LogP) is 5.87. The van der Waals surface area contributed by atoms with Crippen LogP contribution in [0.25, 0.3) is 0 Å². The monoisotopic (exact) mass is 308 g/mol. The molecule has 2 heteroatoms. The van der Waals surface area contributed by atoms with Gasteiger partial charge < -0.3 is 0 Å². The van der Waals surface area contributed by atoms with Crippen molar-refractivity contribution in [1.82, 2.24) is 0 Å². The van der Waals surface area contributed by atoms with Crippen molar-refractivity contribution in [1.29, 1.82) is 0 Å². The molecule has 0 aromatic rings. The number of ketones is 2. The molecule has 0 amide bonds. The summed E-state index contributed by atoms with van der Waals surface area (Å²) < 4.78 is 0. The second-order valence-electron chi connectivity index (χ2n) is 7.18. The molecule has 2 nitrogen and oxygen atoms in total. The highest BCUT2D eigenvalue weighted by Gasteiger charge is 2.25. The smallest absolute Gasteiger partial charge is 0.136 e. The van der Waals surface area contributed by atoms with Crippen LogP contribution in [0, 0.1) is 11.8 Å². The minimum Gasteiger partial charge on any atom is -0.300 e. The molecule has 0 aromatic carbocycles. The number of Topliss-reactive ketones (excluding diaryl/α,β-unsaturated/α-hetero) is 2. The molecule has 0 unspecified atom stereocenters. The van der Waals surface area contributed by atoms with Crippen molar-refractivity contribution < 1.29 is 9.59 Å². The van der Waals surface area contributed by atoms with Crippen LogP contribution in [0.15, 0.2) is 0 Å².